The minimum Gasteiger partial charge on any atom is -0.497 e. The Hall–Kier alpha value is -4.42. The van der Waals surface area contributed by atoms with Crippen LogP contribution in [0.25, 0.3) is 33.4 Å². The van der Waals surface area contributed by atoms with Crippen molar-refractivity contribution in [3.05, 3.63) is 112 Å². The summed E-state index contributed by atoms with van der Waals surface area (Å²) < 4.78 is 12.6. The molecule has 0 saturated heterocycles. The number of aromatic nitrogens is 2. The van der Waals surface area contributed by atoms with Gasteiger partial charge in [-0.3, -0.25) is 9.36 Å². The van der Waals surface area contributed by atoms with Crippen LogP contribution in [0.15, 0.2) is 95.8 Å². The molecule has 0 aliphatic heterocycles. The molecule has 4 aromatic carbocycles. The molecule has 6 heteroatoms. The molecular formula is C30H27N3O3. The normalized spacial score (nSPS) is 11.0. The molecular weight excluding hydrogens is 450 g/mol. The number of nitrogens with zero attached hydrogens (tertiary/aromatic N) is 2. The lowest BCUT2D eigenvalue weighted by Gasteiger charge is -2.15. The second-order valence-corrected chi connectivity index (χ2v) is 8.55. The highest BCUT2D eigenvalue weighted by Crippen LogP contribution is 2.31. The number of hydrogen-bond acceptors (Lipinski definition) is 5. The molecule has 6 nitrogen and oxygen atoms in total. The van der Waals surface area contributed by atoms with E-state index in [2.05, 4.69) is 0 Å². The van der Waals surface area contributed by atoms with E-state index in [4.69, 9.17) is 20.2 Å². The first-order valence-electron chi connectivity index (χ1n) is 11.7. The highest BCUT2D eigenvalue weighted by molar-refractivity contribution is 5.80. The molecule has 0 atom stereocenters. The fourth-order valence-electron chi connectivity index (χ4n) is 4.36. The maximum atomic E-state index is 13.6. The van der Waals surface area contributed by atoms with Gasteiger partial charge < -0.3 is 15.2 Å². The fourth-order valence-corrected chi connectivity index (χ4v) is 4.36. The van der Waals surface area contributed by atoms with Gasteiger partial charge in [0, 0.05) is 18.2 Å². The van der Waals surface area contributed by atoms with Crippen molar-refractivity contribution < 1.29 is 9.47 Å². The predicted molar refractivity (Wildman–Crippen MR) is 143 cm³/mol. The number of para-hydroxylation sites is 1. The van der Waals surface area contributed by atoms with Gasteiger partial charge in [0.15, 0.2) is 0 Å². The van der Waals surface area contributed by atoms with Crippen LogP contribution in [-0.4, -0.2) is 23.8 Å². The molecule has 5 aromatic rings. The zero-order valence-electron chi connectivity index (χ0n) is 20.3. The molecule has 2 N–H and O–H groups in total. The van der Waals surface area contributed by atoms with Crippen molar-refractivity contribution in [3.63, 3.8) is 0 Å². The van der Waals surface area contributed by atoms with Crippen molar-refractivity contribution in [1.82, 2.24) is 9.55 Å². The average molecular weight is 478 g/mol. The molecule has 0 unspecified atom stereocenters. The van der Waals surface area contributed by atoms with Crippen LogP contribution in [0.5, 0.6) is 11.5 Å². The van der Waals surface area contributed by atoms with Gasteiger partial charge in [0.25, 0.3) is 5.56 Å². The number of methoxy groups -OCH3 is 2. The van der Waals surface area contributed by atoms with Crippen LogP contribution >= 0.6 is 0 Å². The zero-order valence-corrected chi connectivity index (χ0v) is 20.3. The second-order valence-electron chi connectivity index (χ2n) is 8.55. The molecule has 0 aliphatic rings. The third kappa shape index (κ3) is 4.59. The Morgan fingerprint density at radius 3 is 2.11 bits per heavy atom. The Morgan fingerprint density at radius 2 is 1.42 bits per heavy atom. The minimum atomic E-state index is -0.0737. The van der Waals surface area contributed by atoms with Gasteiger partial charge in [-0.05, 0) is 46.5 Å². The zero-order chi connectivity index (χ0) is 25.1. The number of nitrogens with two attached hydrogens (primary N) is 1. The Balaban J connectivity index is 1.61. The van der Waals surface area contributed by atoms with E-state index in [0.29, 0.717) is 29.8 Å². The van der Waals surface area contributed by atoms with Gasteiger partial charge in [0.1, 0.15) is 17.3 Å². The van der Waals surface area contributed by atoms with Gasteiger partial charge in [0.2, 0.25) is 0 Å². The van der Waals surface area contributed by atoms with Gasteiger partial charge in [-0.1, -0.05) is 60.7 Å². The molecule has 0 aliphatic carbocycles. The largest absolute Gasteiger partial charge is 0.497 e. The van der Waals surface area contributed by atoms with Crippen LogP contribution in [0, 0.1) is 0 Å². The van der Waals surface area contributed by atoms with E-state index in [-0.39, 0.29) is 5.56 Å². The van der Waals surface area contributed by atoms with E-state index in [1.54, 1.807) is 18.8 Å². The van der Waals surface area contributed by atoms with Crippen molar-refractivity contribution in [2.75, 3.05) is 14.2 Å². The van der Waals surface area contributed by atoms with E-state index in [1.165, 1.54) is 0 Å². The maximum Gasteiger partial charge on any atom is 0.261 e. The van der Waals surface area contributed by atoms with Crippen molar-refractivity contribution >= 4 is 10.9 Å². The number of rotatable bonds is 7. The Labute approximate surface area is 209 Å². The highest BCUT2D eigenvalue weighted by atomic mass is 16.5. The summed E-state index contributed by atoms with van der Waals surface area (Å²) in [6.45, 7) is 0.844. The summed E-state index contributed by atoms with van der Waals surface area (Å²) in [6.07, 6.45) is 0. The summed E-state index contributed by atoms with van der Waals surface area (Å²) in [5.41, 5.74) is 11.3. The van der Waals surface area contributed by atoms with Gasteiger partial charge in [-0.15, -0.1) is 0 Å². The molecule has 5 rings (SSSR count). The Bertz CT molecular complexity index is 1570. The van der Waals surface area contributed by atoms with Gasteiger partial charge >= 0.3 is 0 Å². The lowest BCUT2D eigenvalue weighted by molar-refractivity contribution is 0.394. The molecule has 0 fully saturated rings. The Morgan fingerprint density at radius 1 is 0.750 bits per heavy atom. The predicted octanol–water partition coefficient (Wildman–Crippen LogP) is 5.25. The lowest BCUT2D eigenvalue weighted by atomic mass is 10.0. The molecule has 0 amide bonds. The van der Waals surface area contributed by atoms with Crippen LogP contribution in [-0.2, 0) is 13.1 Å². The van der Waals surface area contributed by atoms with Crippen LogP contribution in [0.4, 0.5) is 0 Å². The SMILES string of the molecule is COc1cc(OC)cc(-c2ccc(-c3nc4ccccc4c(=O)n3Cc3cccc(CN)c3)cc2)c1. The highest BCUT2D eigenvalue weighted by Gasteiger charge is 2.14. The molecule has 1 aromatic heterocycles. The van der Waals surface area contributed by atoms with Crippen LogP contribution in [0.3, 0.4) is 0 Å². The first-order chi connectivity index (χ1) is 17.6. The van der Waals surface area contributed by atoms with Crippen LogP contribution < -0.4 is 20.8 Å². The summed E-state index contributed by atoms with van der Waals surface area (Å²) in [5.74, 6) is 2.06. The number of ether oxygens (including phenoxy) is 2. The van der Waals surface area contributed by atoms with Crippen molar-refractivity contribution in [2.24, 2.45) is 5.73 Å². The van der Waals surface area contributed by atoms with E-state index < -0.39 is 0 Å². The summed E-state index contributed by atoms with van der Waals surface area (Å²) in [5, 5.41) is 0.594. The Kier molecular flexibility index (Phi) is 6.52. The standard InChI is InChI=1S/C30H27N3O3/c1-35-25-15-24(16-26(17-25)36-2)22-10-12-23(13-11-22)29-32-28-9-4-3-8-27(28)30(34)33(29)19-21-7-5-6-20(14-21)18-31/h3-17H,18-19,31H2,1-2H3. The molecule has 0 spiro atoms. The molecule has 0 bridgehead atoms. The first kappa shape index (κ1) is 23.3. The number of hydrogen-bond donors (Lipinski definition) is 1. The minimum absolute atomic E-state index is 0.0737. The first-order valence-corrected chi connectivity index (χ1v) is 11.7. The lowest BCUT2D eigenvalue weighted by Crippen LogP contribution is -2.24. The van der Waals surface area contributed by atoms with Crippen molar-refractivity contribution in [1.29, 1.82) is 0 Å². The molecule has 36 heavy (non-hydrogen) atoms. The summed E-state index contributed by atoms with van der Waals surface area (Å²) in [7, 11) is 3.27. The van der Waals surface area contributed by atoms with E-state index in [9.17, 15) is 4.79 Å². The maximum absolute atomic E-state index is 13.6. The summed E-state index contributed by atoms with van der Waals surface area (Å²) >= 11 is 0. The quantitative estimate of drug-likeness (QED) is 0.346. The smallest absolute Gasteiger partial charge is 0.261 e. The number of fused-ring (bicyclic) bond motifs is 1. The van der Waals surface area contributed by atoms with E-state index >= 15 is 0 Å². The van der Waals surface area contributed by atoms with Crippen LogP contribution in [0.1, 0.15) is 11.1 Å². The number of benzene rings is 4. The molecule has 180 valence electrons. The van der Waals surface area contributed by atoms with Gasteiger partial charge in [-0.25, -0.2) is 4.98 Å². The average Bonchev–Trinajstić information content (AvgIpc) is 2.94. The summed E-state index contributed by atoms with van der Waals surface area (Å²) in [4.78, 5) is 18.5. The third-order valence-electron chi connectivity index (χ3n) is 6.26. The second kappa shape index (κ2) is 10.1. The van der Waals surface area contributed by atoms with Gasteiger partial charge in [-0.2, -0.15) is 0 Å². The summed E-state index contributed by atoms with van der Waals surface area (Å²) in [6, 6.07) is 29.2. The fraction of sp³-hybridized carbons (Fsp3) is 0.133. The van der Waals surface area contributed by atoms with Crippen molar-refractivity contribution in [2.45, 2.75) is 13.1 Å². The van der Waals surface area contributed by atoms with E-state index in [1.807, 2.05) is 91.0 Å². The van der Waals surface area contributed by atoms with Crippen LogP contribution in [0.2, 0.25) is 0 Å². The topological polar surface area (TPSA) is 79.4 Å². The van der Waals surface area contributed by atoms with Gasteiger partial charge in [0.05, 0.1) is 31.7 Å². The van der Waals surface area contributed by atoms with Crippen molar-refractivity contribution in [3.8, 4) is 34.0 Å². The van der Waals surface area contributed by atoms with E-state index in [0.717, 1.165) is 39.3 Å². The molecule has 0 saturated carbocycles. The monoisotopic (exact) mass is 477 g/mol. The molecule has 0 radical (unpaired) electrons. The third-order valence-corrected chi connectivity index (χ3v) is 6.26. The molecule has 1 heterocycles.